The minimum absolute atomic E-state index is 0.294. The minimum atomic E-state index is -0.485. The summed E-state index contributed by atoms with van der Waals surface area (Å²) in [6.07, 6.45) is 1.98. The maximum atomic E-state index is 14.0. The van der Waals surface area contributed by atoms with Crippen LogP contribution in [0.2, 0.25) is 5.02 Å². The van der Waals surface area contributed by atoms with Gasteiger partial charge in [0.25, 0.3) is 0 Å². The highest BCUT2D eigenvalue weighted by molar-refractivity contribution is 6.31. The van der Waals surface area contributed by atoms with Gasteiger partial charge >= 0.3 is 6.03 Å². The third-order valence-electron chi connectivity index (χ3n) is 6.97. The van der Waals surface area contributed by atoms with E-state index in [-0.39, 0.29) is 11.8 Å². The average molecular weight is 526 g/mol. The molecule has 1 aliphatic heterocycles. The molecule has 1 N–H and O–H groups in total. The summed E-state index contributed by atoms with van der Waals surface area (Å²) in [7, 11) is 0. The van der Waals surface area contributed by atoms with E-state index >= 15 is 0 Å². The van der Waals surface area contributed by atoms with Crippen LogP contribution in [-0.4, -0.2) is 25.3 Å². The van der Waals surface area contributed by atoms with Crippen molar-refractivity contribution in [3.8, 4) is 11.5 Å². The summed E-state index contributed by atoms with van der Waals surface area (Å²) in [4.78, 5) is 15.8. The van der Waals surface area contributed by atoms with Crippen LogP contribution in [0.15, 0.2) is 91.1 Å². The Morgan fingerprint density at radius 1 is 1.00 bits per heavy atom. The molecule has 3 heterocycles. The van der Waals surface area contributed by atoms with E-state index in [1.807, 2.05) is 73.3 Å². The number of aryl methyl sites for hydroxylation is 2. The third kappa shape index (κ3) is 4.15. The van der Waals surface area contributed by atoms with Crippen LogP contribution >= 0.6 is 11.6 Å². The molecule has 0 spiro atoms. The quantitative estimate of drug-likeness (QED) is 0.270. The SMILES string of the molecule is Cc1ccc(Cl)cc1NC(=O)N1Cc2c(C)nn(-c3ccccc3)c2-n2cccc2[C@H]1c1ccc(F)cc1. The Hall–Kier alpha value is -4.36. The number of hydrogen-bond donors (Lipinski definition) is 1. The van der Waals surface area contributed by atoms with Crippen LogP contribution < -0.4 is 5.32 Å². The van der Waals surface area contributed by atoms with Crippen molar-refractivity contribution in [3.05, 3.63) is 130 Å². The Morgan fingerprint density at radius 2 is 1.76 bits per heavy atom. The van der Waals surface area contributed by atoms with Crippen molar-refractivity contribution >= 4 is 23.3 Å². The number of urea groups is 1. The van der Waals surface area contributed by atoms with E-state index in [1.165, 1.54) is 12.1 Å². The number of aromatic nitrogens is 3. The number of anilines is 1. The normalized spacial score (nSPS) is 14.5. The van der Waals surface area contributed by atoms with E-state index in [0.29, 0.717) is 17.3 Å². The molecule has 0 saturated heterocycles. The fourth-order valence-corrected chi connectivity index (χ4v) is 5.23. The van der Waals surface area contributed by atoms with Gasteiger partial charge < -0.3 is 14.8 Å². The van der Waals surface area contributed by atoms with Crippen molar-refractivity contribution < 1.29 is 9.18 Å². The number of benzene rings is 3. The average Bonchev–Trinajstić information content (AvgIpc) is 3.48. The fourth-order valence-electron chi connectivity index (χ4n) is 5.06. The molecular weight excluding hydrogens is 501 g/mol. The topological polar surface area (TPSA) is 55.1 Å². The molecule has 2 amide bonds. The summed E-state index contributed by atoms with van der Waals surface area (Å²) in [6, 6.07) is 24.8. The van der Waals surface area contributed by atoms with Gasteiger partial charge in [0.2, 0.25) is 0 Å². The van der Waals surface area contributed by atoms with Crippen LogP contribution in [0.3, 0.4) is 0 Å². The van der Waals surface area contributed by atoms with Crippen molar-refractivity contribution in [2.75, 3.05) is 5.32 Å². The lowest BCUT2D eigenvalue weighted by Crippen LogP contribution is -2.38. The first kappa shape index (κ1) is 24.0. The first-order valence-corrected chi connectivity index (χ1v) is 12.7. The highest BCUT2D eigenvalue weighted by Gasteiger charge is 2.36. The van der Waals surface area contributed by atoms with Gasteiger partial charge in [0.15, 0.2) is 0 Å². The van der Waals surface area contributed by atoms with Crippen molar-refractivity contribution in [2.24, 2.45) is 0 Å². The minimum Gasteiger partial charge on any atom is -0.307 e. The number of carbonyl (C=O) groups excluding carboxylic acids is 1. The molecule has 190 valence electrons. The summed E-state index contributed by atoms with van der Waals surface area (Å²) >= 11 is 6.24. The molecule has 6 rings (SSSR count). The van der Waals surface area contributed by atoms with Gasteiger partial charge in [-0.3, -0.25) is 0 Å². The van der Waals surface area contributed by atoms with Gasteiger partial charge in [0, 0.05) is 22.5 Å². The highest BCUT2D eigenvalue weighted by Crippen LogP contribution is 2.39. The van der Waals surface area contributed by atoms with Crippen LogP contribution in [-0.2, 0) is 6.54 Å². The molecule has 8 heteroatoms. The van der Waals surface area contributed by atoms with Gasteiger partial charge in [-0.1, -0.05) is 48.0 Å². The zero-order chi connectivity index (χ0) is 26.4. The van der Waals surface area contributed by atoms with Gasteiger partial charge in [-0.2, -0.15) is 5.10 Å². The Bertz CT molecular complexity index is 1640. The summed E-state index contributed by atoms with van der Waals surface area (Å²) in [5.41, 5.74) is 5.86. The predicted molar refractivity (Wildman–Crippen MR) is 147 cm³/mol. The van der Waals surface area contributed by atoms with E-state index in [4.69, 9.17) is 16.7 Å². The predicted octanol–water partition coefficient (Wildman–Crippen LogP) is 7.21. The van der Waals surface area contributed by atoms with E-state index in [9.17, 15) is 9.18 Å². The number of nitrogens with one attached hydrogen (secondary N) is 1. The molecule has 2 aromatic heterocycles. The van der Waals surface area contributed by atoms with Crippen LogP contribution in [0, 0.1) is 19.7 Å². The summed E-state index contributed by atoms with van der Waals surface area (Å²) in [5.74, 6) is 0.539. The first-order chi connectivity index (χ1) is 18.4. The molecule has 0 fully saturated rings. The van der Waals surface area contributed by atoms with Crippen LogP contribution in [0.1, 0.15) is 34.1 Å². The van der Waals surface area contributed by atoms with Crippen molar-refractivity contribution in [1.29, 1.82) is 0 Å². The summed E-state index contributed by atoms with van der Waals surface area (Å²) < 4.78 is 17.9. The number of carbonyl (C=O) groups is 1. The number of nitrogens with zero attached hydrogens (tertiary/aromatic N) is 4. The lowest BCUT2D eigenvalue weighted by molar-refractivity contribution is 0.194. The zero-order valence-electron chi connectivity index (χ0n) is 20.9. The summed E-state index contributed by atoms with van der Waals surface area (Å²) in [5, 5.41) is 8.46. The lowest BCUT2D eigenvalue weighted by atomic mass is 10.0. The first-order valence-electron chi connectivity index (χ1n) is 12.3. The Labute approximate surface area is 224 Å². The van der Waals surface area contributed by atoms with E-state index in [1.54, 1.807) is 29.2 Å². The molecule has 0 bridgehead atoms. The maximum absolute atomic E-state index is 14.0. The second-order valence-corrected chi connectivity index (χ2v) is 9.85. The maximum Gasteiger partial charge on any atom is 0.322 e. The molecule has 38 heavy (non-hydrogen) atoms. The Balaban J connectivity index is 1.54. The van der Waals surface area contributed by atoms with Gasteiger partial charge in [-0.15, -0.1) is 0 Å². The molecule has 6 nitrogen and oxygen atoms in total. The second-order valence-electron chi connectivity index (χ2n) is 9.41. The van der Waals surface area contributed by atoms with Crippen molar-refractivity contribution in [2.45, 2.75) is 26.4 Å². The second kappa shape index (κ2) is 9.50. The fraction of sp³-hybridized carbons (Fsp3) is 0.133. The standard InChI is InChI=1S/C30H25ClFN5O/c1-19-10-13-22(31)17-26(19)33-30(38)36-18-25-20(2)34-37(24-7-4-3-5-8-24)29(25)35-16-6-9-27(35)28(36)21-11-14-23(32)15-12-21/h3-17,28H,18H2,1-2H3,(H,33,38)/t28-/m1/s1. The van der Waals surface area contributed by atoms with E-state index in [0.717, 1.165) is 39.6 Å². The molecule has 1 atom stereocenters. The van der Waals surface area contributed by atoms with Crippen LogP contribution in [0.25, 0.3) is 11.5 Å². The van der Waals surface area contributed by atoms with Crippen LogP contribution in [0.5, 0.6) is 0 Å². The van der Waals surface area contributed by atoms with Gasteiger partial charge in [0.1, 0.15) is 11.6 Å². The summed E-state index contributed by atoms with van der Waals surface area (Å²) in [6.45, 7) is 4.17. The molecule has 1 aliphatic rings. The third-order valence-corrected chi connectivity index (χ3v) is 7.21. The molecule has 3 aromatic carbocycles. The van der Waals surface area contributed by atoms with Crippen LogP contribution in [0.4, 0.5) is 14.9 Å². The lowest BCUT2D eigenvalue weighted by Gasteiger charge is -2.31. The highest BCUT2D eigenvalue weighted by atomic mass is 35.5. The zero-order valence-corrected chi connectivity index (χ0v) is 21.7. The van der Waals surface area contributed by atoms with Gasteiger partial charge in [-0.25, -0.2) is 13.9 Å². The molecule has 0 aliphatic carbocycles. The van der Waals surface area contributed by atoms with Crippen molar-refractivity contribution in [3.63, 3.8) is 0 Å². The number of rotatable bonds is 3. The molecule has 0 unspecified atom stereocenters. The molecule has 0 radical (unpaired) electrons. The Morgan fingerprint density at radius 3 is 2.53 bits per heavy atom. The number of fused-ring (bicyclic) bond motifs is 3. The molecule has 5 aromatic rings. The monoisotopic (exact) mass is 525 g/mol. The number of para-hydroxylation sites is 1. The molecular formula is C30H25ClFN5O. The largest absolute Gasteiger partial charge is 0.322 e. The van der Waals surface area contributed by atoms with Gasteiger partial charge in [-0.05, 0) is 73.5 Å². The number of amides is 2. The van der Waals surface area contributed by atoms with Crippen molar-refractivity contribution in [1.82, 2.24) is 19.2 Å². The number of halogens is 2. The Kier molecular flexibility index (Phi) is 6.00. The smallest absolute Gasteiger partial charge is 0.307 e. The van der Waals surface area contributed by atoms with E-state index < -0.39 is 6.04 Å². The van der Waals surface area contributed by atoms with E-state index in [2.05, 4.69) is 9.88 Å². The van der Waals surface area contributed by atoms with Gasteiger partial charge in [0.05, 0.1) is 29.7 Å². The molecule has 0 saturated carbocycles. The number of hydrogen-bond acceptors (Lipinski definition) is 2.